The van der Waals surface area contributed by atoms with Crippen LogP contribution in [0.2, 0.25) is 0 Å². The van der Waals surface area contributed by atoms with Crippen molar-refractivity contribution in [3.8, 4) is 0 Å². The summed E-state index contributed by atoms with van der Waals surface area (Å²) in [6.45, 7) is 2.17. The van der Waals surface area contributed by atoms with Crippen molar-refractivity contribution in [2.75, 3.05) is 23.4 Å². The first-order valence-corrected chi connectivity index (χ1v) is 5.45. The molecule has 82 valence electrons. The number of nitrogen functional groups attached to an aromatic ring is 1. The summed E-state index contributed by atoms with van der Waals surface area (Å²) in [6, 6.07) is 1.94. The molecule has 0 aromatic carbocycles. The monoisotopic (exact) mass is 207 g/mol. The quantitative estimate of drug-likeness (QED) is 0.562. The van der Waals surface area contributed by atoms with Gasteiger partial charge < -0.3 is 4.90 Å². The molecule has 0 atom stereocenters. The van der Waals surface area contributed by atoms with E-state index in [1.807, 2.05) is 6.07 Å². The summed E-state index contributed by atoms with van der Waals surface area (Å²) >= 11 is 0. The van der Waals surface area contributed by atoms with Crippen LogP contribution >= 0.6 is 0 Å². The summed E-state index contributed by atoms with van der Waals surface area (Å²) < 4.78 is 0. The van der Waals surface area contributed by atoms with Crippen LogP contribution in [0.15, 0.2) is 12.3 Å². The number of aromatic nitrogens is 2. The third kappa shape index (κ3) is 2.56. The Morgan fingerprint density at radius 2 is 1.93 bits per heavy atom. The molecule has 0 unspecified atom stereocenters. The van der Waals surface area contributed by atoms with E-state index in [0.29, 0.717) is 5.95 Å². The molecular weight excluding hydrogens is 190 g/mol. The van der Waals surface area contributed by atoms with Crippen LogP contribution in [-0.4, -0.2) is 23.1 Å². The SMILES string of the molecule is NNc1nccc(N2CCCCCC2)n1. The molecule has 2 heterocycles. The third-order valence-electron chi connectivity index (χ3n) is 2.70. The first-order chi connectivity index (χ1) is 7.40. The predicted octanol–water partition coefficient (Wildman–Crippen LogP) is 1.14. The number of hydrogen-bond donors (Lipinski definition) is 2. The lowest BCUT2D eigenvalue weighted by Gasteiger charge is -2.21. The zero-order chi connectivity index (χ0) is 10.5. The minimum Gasteiger partial charge on any atom is -0.356 e. The summed E-state index contributed by atoms with van der Waals surface area (Å²) in [5.74, 6) is 6.74. The van der Waals surface area contributed by atoms with Crippen molar-refractivity contribution in [2.24, 2.45) is 5.84 Å². The molecule has 1 aromatic heterocycles. The van der Waals surface area contributed by atoms with Crippen LogP contribution in [0, 0.1) is 0 Å². The van der Waals surface area contributed by atoms with Gasteiger partial charge in [-0.05, 0) is 18.9 Å². The second-order valence-electron chi connectivity index (χ2n) is 3.78. The van der Waals surface area contributed by atoms with Gasteiger partial charge in [0.2, 0.25) is 5.95 Å². The summed E-state index contributed by atoms with van der Waals surface area (Å²) in [5.41, 5.74) is 2.47. The number of nitrogens with two attached hydrogens (primary N) is 1. The first kappa shape index (κ1) is 10.2. The molecule has 15 heavy (non-hydrogen) atoms. The van der Waals surface area contributed by atoms with Crippen molar-refractivity contribution in [3.63, 3.8) is 0 Å². The molecule has 1 aliphatic rings. The van der Waals surface area contributed by atoms with Crippen molar-refractivity contribution in [3.05, 3.63) is 12.3 Å². The molecular formula is C10H17N5. The molecule has 1 saturated heterocycles. The molecule has 0 amide bonds. The van der Waals surface area contributed by atoms with E-state index in [1.165, 1.54) is 25.7 Å². The molecule has 3 N–H and O–H groups in total. The predicted molar refractivity (Wildman–Crippen MR) is 60.5 cm³/mol. The van der Waals surface area contributed by atoms with Crippen LogP contribution in [0.25, 0.3) is 0 Å². The van der Waals surface area contributed by atoms with Gasteiger partial charge >= 0.3 is 0 Å². The highest BCUT2D eigenvalue weighted by Crippen LogP contribution is 2.17. The van der Waals surface area contributed by atoms with Gasteiger partial charge in [-0.1, -0.05) is 12.8 Å². The van der Waals surface area contributed by atoms with Crippen LogP contribution in [0.5, 0.6) is 0 Å². The van der Waals surface area contributed by atoms with E-state index < -0.39 is 0 Å². The summed E-state index contributed by atoms with van der Waals surface area (Å²) in [6.07, 6.45) is 6.88. The molecule has 1 fully saturated rings. The van der Waals surface area contributed by atoms with Crippen LogP contribution in [0.3, 0.4) is 0 Å². The topological polar surface area (TPSA) is 67.1 Å². The van der Waals surface area contributed by atoms with Gasteiger partial charge in [-0.3, -0.25) is 5.43 Å². The Morgan fingerprint density at radius 3 is 2.60 bits per heavy atom. The number of rotatable bonds is 2. The fraction of sp³-hybridized carbons (Fsp3) is 0.600. The van der Waals surface area contributed by atoms with Gasteiger partial charge in [-0.25, -0.2) is 10.8 Å². The molecule has 1 aromatic rings. The van der Waals surface area contributed by atoms with E-state index in [0.717, 1.165) is 18.9 Å². The zero-order valence-corrected chi connectivity index (χ0v) is 8.82. The second-order valence-corrected chi connectivity index (χ2v) is 3.78. The van der Waals surface area contributed by atoms with Gasteiger partial charge in [0, 0.05) is 19.3 Å². The second kappa shape index (κ2) is 4.93. The van der Waals surface area contributed by atoms with E-state index in [1.54, 1.807) is 6.20 Å². The van der Waals surface area contributed by atoms with E-state index in [9.17, 15) is 0 Å². The lowest BCUT2D eigenvalue weighted by molar-refractivity contribution is 0.726. The molecule has 0 saturated carbocycles. The average molecular weight is 207 g/mol. The maximum Gasteiger partial charge on any atom is 0.239 e. The molecule has 0 spiro atoms. The van der Waals surface area contributed by atoms with Crippen LogP contribution < -0.4 is 16.2 Å². The van der Waals surface area contributed by atoms with E-state index >= 15 is 0 Å². The first-order valence-electron chi connectivity index (χ1n) is 5.45. The molecule has 5 heteroatoms. The minimum atomic E-state index is 0.483. The van der Waals surface area contributed by atoms with Crippen molar-refractivity contribution in [1.82, 2.24) is 9.97 Å². The highest BCUT2D eigenvalue weighted by molar-refractivity contribution is 5.42. The van der Waals surface area contributed by atoms with Crippen molar-refractivity contribution >= 4 is 11.8 Å². The Morgan fingerprint density at radius 1 is 1.20 bits per heavy atom. The van der Waals surface area contributed by atoms with E-state index in [-0.39, 0.29) is 0 Å². The normalized spacial score (nSPS) is 17.3. The summed E-state index contributed by atoms with van der Waals surface area (Å²) in [4.78, 5) is 10.6. The van der Waals surface area contributed by atoms with Gasteiger partial charge in [0.1, 0.15) is 5.82 Å². The van der Waals surface area contributed by atoms with Gasteiger partial charge in [0.05, 0.1) is 0 Å². The summed E-state index contributed by atoms with van der Waals surface area (Å²) in [5, 5.41) is 0. The van der Waals surface area contributed by atoms with Gasteiger partial charge in [0.15, 0.2) is 0 Å². The number of hydrazine groups is 1. The number of anilines is 2. The lowest BCUT2D eigenvalue weighted by atomic mass is 10.2. The Labute approximate surface area is 89.7 Å². The van der Waals surface area contributed by atoms with Crippen molar-refractivity contribution in [1.29, 1.82) is 0 Å². The maximum absolute atomic E-state index is 5.29. The number of nitrogens with one attached hydrogen (secondary N) is 1. The Balaban J connectivity index is 2.12. The molecule has 0 aliphatic carbocycles. The lowest BCUT2D eigenvalue weighted by Crippen LogP contribution is -2.25. The van der Waals surface area contributed by atoms with Gasteiger partial charge in [-0.2, -0.15) is 4.98 Å². The Hall–Kier alpha value is -1.36. The zero-order valence-electron chi connectivity index (χ0n) is 8.82. The maximum atomic E-state index is 5.29. The largest absolute Gasteiger partial charge is 0.356 e. The van der Waals surface area contributed by atoms with Gasteiger partial charge in [0.25, 0.3) is 0 Å². The molecule has 1 aliphatic heterocycles. The smallest absolute Gasteiger partial charge is 0.239 e. The van der Waals surface area contributed by atoms with Crippen LogP contribution in [0.1, 0.15) is 25.7 Å². The van der Waals surface area contributed by atoms with Crippen LogP contribution in [0.4, 0.5) is 11.8 Å². The molecule has 0 radical (unpaired) electrons. The van der Waals surface area contributed by atoms with Crippen molar-refractivity contribution < 1.29 is 0 Å². The van der Waals surface area contributed by atoms with Gasteiger partial charge in [-0.15, -0.1) is 0 Å². The highest BCUT2D eigenvalue weighted by Gasteiger charge is 2.11. The average Bonchev–Trinajstić information content (AvgIpc) is 2.58. The summed E-state index contributed by atoms with van der Waals surface area (Å²) in [7, 11) is 0. The minimum absolute atomic E-state index is 0.483. The van der Waals surface area contributed by atoms with E-state index in [4.69, 9.17) is 5.84 Å². The Bertz CT molecular complexity index is 306. The van der Waals surface area contributed by atoms with Crippen LogP contribution in [-0.2, 0) is 0 Å². The molecule has 5 nitrogen and oxygen atoms in total. The standard InChI is InChI=1S/C10H17N5/c11-14-10-12-6-5-9(13-10)15-7-3-1-2-4-8-15/h5-6H,1-4,7-8,11H2,(H,12,13,14). The number of nitrogens with zero attached hydrogens (tertiary/aromatic N) is 3. The van der Waals surface area contributed by atoms with E-state index in [2.05, 4.69) is 20.3 Å². The molecule has 0 bridgehead atoms. The molecule has 2 rings (SSSR count). The number of hydrogen-bond acceptors (Lipinski definition) is 5. The highest BCUT2D eigenvalue weighted by atomic mass is 15.3. The third-order valence-corrected chi connectivity index (χ3v) is 2.70. The fourth-order valence-electron chi connectivity index (χ4n) is 1.89. The fourth-order valence-corrected chi connectivity index (χ4v) is 1.89. The Kier molecular flexibility index (Phi) is 3.34. The van der Waals surface area contributed by atoms with Crippen molar-refractivity contribution in [2.45, 2.75) is 25.7 Å².